The van der Waals surface area contributed by atoms with Crippen molar-refractivity contribution in [2.24, 2.45) is 5.92 Å². The number of likely N-dealkylation sites (tertiary alicyclic amines) is 1. The Morgan fingerprint density at radius 1 is 1.35 bits per heavy atom. The first-order valence-corrected chi connectivity index (χ1v) is 9.12. The molecule has 8 nitrogen and oxygen atoms in total. The molecule has 0 aliphatic carbocycles. The zero-order chi connectivity index (χ0) is 18.0. The number of aromatic nitrogens is 4. The number of nitrogens with zero attached hydrogens (tertiary/aromatic N) is 5. The van der Waals surface area contributed by atoms with Gasteiger partial charge in [0.25, 0.3) is 5.91 Å². The van der Waals surface area contributed by atoms with Crippen molar-refractivity contribution in [1.29, 1.82) is 0 Å². The second-order valence-corrected chi connectivity index (χ2v) is 7.21. The maximum absolute atomic E-state index is 12.5. The largest absolute Gasteiger partial charge is 0.375 e. The van der Waals surface area contributed by atoms with Gasteiger partial charge in [-0.25, -0.2) is 4.98 Å². The topological polar surface area (TPSA) is 94.2 Å². The van der Waals surface area contributed by atoms with Crippen LogP contribution in [0.15, 0.2) is 23.1 Å². The lowest BCUT2D eigenvalue weighted by Gasteiger charge is -2.46. The second-order valence-electron chi connectivity index (χ2n) is 7.21. The molecule has 1 spiro atoms. The molecule has 138 valence electrons. The number of carbonyl (C=O) groups excluding carboxylic acids is 1. The van der Waals surface area contributed by atoms with E-state index in [9.17, 15) is 4.79 Å². The highest BCUT2D eigenvalue weighted by Gasteiger charge is 2.41. The molecule has 2 fully saturated rings. The Morgan fingerprint density at radius 3 is 2.88 bits per heavy atom. The van der Waals surface area contributed by atoms with E-state index >= 15 is 0 Å². The SMILES string of the molecule is Cc1noc(CC2CCOC3(CCN(C(=O)c4cnccn4)CC3)C2)n1. The van der Waals surface area contributed by atoms with Crippen LogP contribution in [0.25, 0.3) is 0 Å². The van der Waals surface area contributed by atoms with Gasteiger partial charge in [0.05, 0.1) is 11.8 Å². The number of rotatable bonds is 3. The fourth-order valence-corrected chi connectivity index (χ4v) is 4.01. The summed E-state index contributed by atoms with van der Waals surface area (Å²) in [5.41, 5.74) is 0.259. The highest BCUT2D eigenvalue weighted by atomic mass is 16.5. The van der Waals surface area contributed by atoms with E-state index in [4.69, 9.17) is 9.26 Å². The maximum Gasteiger partial charge on any atom is 0.274 e. The van der Waals surface area contributed by atoms with E-state index in [1.807, 2.05) is 11.8 Å². The van der Waals surface area contributed by atoms with E-state index in [-0.39, 0.29) is 11.5 Å². The van der Waals surface area contributed by atoms with Crippen LogP contribution in [0.4, 0.5) is 0 Å². The molecule has 8 heteroatoms. The van der Waals surface area contributed by atoms with Gasteiger partial charge < -0.3 is 14.2 Å². The first-order valence-electron chi connectivity index (χ1n) is 9.12. The third-order valence-corrected chi connectivity index (χ3v) is 5.37. The van der Waals surface area contributed by atoms with E-state index in [0.717, 1.165) is 38.7 Å². The summed E-state index contributed by atoms with van der Waals surface area (Å²) >= 11 is 0. The van der Waals surface area contributed by atoms with Crippen LogP contribution in [-0.4, -0.2) is 56.2 Å². The molecule has 0 N–H and O–H groups in total. The fourth-order valence-electron chi connectivity index (χ4n) is 4.01. The molecular formula is C18H23N5O3. The van der Waals surface area contributed by atoms with Crippen LogP contribution in [0, 0.1) is 12.8 Å². The quantitative estimate of drug-likeness (QED) is 0.827. The van der Waals surface area contributed by atoms with Gasteiger partial charge in [0.2, 0.25) is 5.89 Å². The normalized spacial score (nSPS) is 22.5. The molecule has 2 aliphatic heterocycles. The molecule has 0 aromatic carbocycles. The lowest BCUT2D eigenvalue weighted by Crippen LogP contribution is -2.51. The molecule has 1 amide bonds. The summed E-state index contributed by atoms with van der Waals surface area (Å²) in [6.45, 7) is 3.95. The summed E-state index contributed by atoms with van der Waals surface area (Å²) in [4.78, 5) is 26.8. The van der Waals surface area contributed by atoms with Gasteiger partial charge in [0, 0.05) is 38.5 Å². The standard InChI is InChI=1S/C18H23N5O3/c1-13-21-16(26-22-13)10-14-2-9-25-18(11-14)3-7-23(8-4-18)17(24)15-12-19-5-6-20-15/h5-6,12,14H,2-4,7-11H2,1H3. The van der Waals surface area contributed by atoms with Crippen molar-refractivity contribution in [2.45, 2.75) is 44.6 Å². The molecule has 0 radical (unpaired) electrons. The smallest absolute Gasteiger partial charge is 0.274 e. The predicted octanol–water partition coefficient (Wildman–Crippen LogP) is 1.81. The number of hydrogen-bond acceptors (Lipinski definition) is 7. The monoisotopic (exact) mass is 357 g/mol. The van der Waals surface area contributed by atoms with E-state index in [1.54, 1.807) is 12.4 Å². The van der Waals surface area contributed by atoms with Crippen molar-refractivity contribution in [2.75, 3.05) is 19.7 Å². The molecule has 0 saturated carbocycles. The van der Waals surface area contributed by atoms with Crippen LogP contribution in [0.3, 0.4) is 0 Å². The van der Waals surface area contributed by atoms with Crippen LogP contribution >= 0.6 is 0 Å². The first kappa shape index (κ1) is 17.1. The Bertz CT molecular complexity index is 755. The van der Waals surface area contributed by atoms with Gasteiger partial charge in [-0.1, -0.05) is 5.16 Å². The van der Waals surface area contributed by atoms with Crippen LogP contribution in [0.2, 0.25) is 0 Å². The van der Waals surface area contributed by atoms with Crippen molar-refractivity contribution in [3.05, 3.63) is 36.0 Å². The van der Waals surface area contributed by atoms with Gasteiger partial charge in [-0.05, 0) is 38.5 Å². The molecule has 2 saturated heterocycles. The predicted molar refractivity (Wildman–Crippen MR) is 91.3 cm³/mol. The summed E-state index contributed by atoms with van der Waals surface area (Å²) < 4.78 is 11.5. The second kappa shape index (κ2) is 7.11. The molecule has 4 heterocycles. The van der Waals surface area contributed by atoms with Crippen molar-refractivity contribution >= 4 is 5.91 Å². The maximum atomic E-state index is 12.5. The molecule has 2 aromatic heterocycles. The molecule has 1 unspecified atom stereocenters. The van der Waals surface area contributed by atoms with Crippen molar-refractivity contribution in [3.63, 3.8) is 0 Å². The van der Waals surface area contributed by atoms with E-state index in [1.165, 1.54) is 6.20 Å². The molecule has 1 atom stereocenters. The first-order chi connectivity index (χ1) is 12.6. The average molecular weight is 357 g/mol. The summed E-state index contributed by atoms with van der Waals surface area (Å²) in [6.07, 6.45) is 9.11. The van der Waals surface area contributed by atoms with Gasteiger partial charge in [-0.3, -0.25) is 9.78 Å². The Balaban J connectivity index is 1.36. The number of ether oxygens (including phenoxy) is 1. The summed E-state index contributed by atoms with van der Waals surface area (Å²) in [5, 5.41) is 3.87. The molecule has 4 rings (SSSR count). The highest BCUT2D eigenvalue weighted by molar-refractivity contribution is 5.92. The summed E-state index contributed by atoms with van der Waals surface area (Å²) in [7, 11) is 0. The molecule has 26 heavy (non-hydrogen) atoms. The van der Waals surface area contributed by atoms with Crippen LogP contribution in [0.1, 0.15) is 47.9 Å². The molecule has 0 bridgehead atoms. The molecular weight excluding hydrogens is 334 g/mol. The van der Waals surface area contributed by atoms with E-state index in [0.29, 0.717) is 36.4 Å². The van der Waals surface area contributed by atoms with Crippen molar-refractivity contribution < 1.29 is 14.1 Å². The molecule has 2 aromatic rings. The zero-order valence-electron chi connectivity index (χ0n) is 14.9. The van der Waals surface area contributed by atoms with Gasteiger partial charge in [0.15, 0.2) is 5.82 Å². The van der Waals surface area contributed by atoms with Gasteiger partial charge >= 0.3 is 0 Å². The average Bonchev–Trinajstić information content (AvgIpc) is 3.07. The highest BCUT2D eigenvalue weighted by Crippen LogP contribution is 2.38. The van der Waals surface area contributed by atoms with Gasteiger partial charge in [-0.2, -0.15) is 4.98 Å². The Morgan fingerprint density at radius 2 is 2.19 bits per heavy atom. The van der Waals surface area contributed by atoms with Crippen LogP contribution < -0.4 is 0 Å². The fraction of sp³-hybridized carbons (Fsp3) is 0.611. The van der Waals surface area contributed by atoms with Gasteiger partial charge in [-0.15, -0.1) is 0 Å². The van der Waals surface area contributed by atoms with E-state index < -0.39 is 0 Å². The Labute approximate surface area is 152 Å². The lowest BCUT2D eigenvalue weighted by molar-refractivity contribution is -0.124. The Hall–Kier alpha value is -2.35. The summed E-state index contributed by atoms with van der Waals surface area (Å²) in [5.74, 6) is 1.81. The zero-order valence-corrected chi connectivity index (χ0v) is 14.9. The minimum atomic E-state index is -0.142. The summed E-state index contributed by atoms with van der Waals surface area (Å²) in [6, 6.07) is 0. The number of amides is 1. The lowest BCUT2D eigenvalue weighted by atomic mass is 9.78. The number of piperidine rings is 1. The minimum Gasteiger partial charge on any atom is -0.375 e. The van der Waals surface area contributed by atoms with Gasteiger partial charge in [0.1, 0.15) is 5.69 Å². The van der Waals surface area contributed by atoms with Crippen LogP contribution in [0.5, 0.6) is 0 Å². The number of hydrogen-bond donors (Lipinski definition) is 0. The van der Waals surface area contributed by atoms with E-state index in [2.05, 4.69) is 20.1 Å². The van der Waals surface area contributed by atoms with Crippen molar-refractivity contribution in [1.82, 2.24) is 25.0 Å². The number of carbonyl (C=O) groups is 1. The molecule has 2 aliphatic rings. The third kappa shape index (κ3) is 3.60. The third-order valence-electron chi connectivity index (χ3n) is 5.37. The van der Waals surface area contributed by atoms with Crippen LogP contribution in [-0.2, 0) is 11.2 Å². The Kier molecular flexibility index (Phi) is 4.67. The minimum absolute atomic E-state index is 0.0540. The number of aryl methyl sites for hydroxylation is 1. The van der Waals surface area contributed by atoms with Crippen molar-refractivity contribution in [3.8, 4) is 0 Å².